The van der Waals surface area contributed by atoms with Gasteiger partial charge in [-0.25, -0.2) is 8.78 Å². The number of nitriles is 1. The molecule has 0 aliphatic rings. The van der Waals surface area contributed by atoms with Gasteiger partial charge in [-0.05, 0) is 36.8 Å². The van der Waals surface area contributed by atoms with Crippen molar-refractivity contribution in [3.05, 3.63) is 70.8 Å². The van der Waals surface area contributed by atoms with Gasteiger partial charge >= 0.3 is 0 Å². The maximum atomic E-state index is 13.6. The van der Waals surface area contributed by atoms with Crippen LogP contribution in [0.4, 0.5) is 8.78 Å². The summed E-state index contributed by atoms with van der Waals surface area (Å²) in [7, 11) is 0. The van der Waals surface area contributed by atoms with E-state index < -0.39 is 17.7 Å². The number of hydrogen-bond acceptors (Lipinski definition) is 2. The first-order chi connectivity index (χ1) is 9.61. The molecule has 2 nitrogen and oxygen atoms in total. The van der Waals surface area contributed by atoms with Gasteiger partial charge in [0.05, 0.1) is 11.6 Å². The SMILES string of the molecule is CC(NCc1cccc(C#N)c1)c1c(F)cccc1F. The predicted octanol–water partition coefficient (Wildman–Crippen LogP) is 3.69. The van der Waals surface area contributed by atoms with Gasteiger partial charge in [0.2, 0.25) is 0 Å². The Bertz CT molecular complexity index is 627. The molecular formula is C16H14F2N2. The first kappa shape index (κ1) is 14.2. The van der Waals surface area contributed by atoms with Crippen molar-refractivity contribution in [2.45, 2.75) is 19.5 Å². The lowest BCUT2D eigenvalue weighted by molar-refractivity contribution is 0.487. The molecule has 2 rings (SSSR count). The zero-order valence-electron chi connectivity index (χ0n) is 11.0. The highest BCUT2D eigenvalue weighted by atomic mass is 19.1. The monoisotopic (exact) mass is 272 g/mol. The van der Waals surface area contributed by atoms with Crippen LogP contribution in [0.2, 0.25) is 0 Å². The molecule has 0 heterocycles. The highest BCUT2D eigenvalue weighted by Crippen LogP contribution is 2.20. The molecule has 20 heavy (non-hydrogen) atoms. The van der Waals surface area contributed by atoms with Crippen molar-refractivity contribution in [3.8, 4) is 6.07 Å². The maximum Gasteiger partial charge on any atom is 0.130 e. The normalized spacial score (nSPS) is 11.9. The van der Waals surface area contributed by atoms with Crippen LogP contribution in [0.1, 0.15) is 29.7 Å². The molecule has 0 bridgehead atoms. The van der Waals surface area contributed by atoms with Crippen LogP contribution in [0.3, 0.4) is 0 Å². The lowest BCUT2D eigenvalue weighted by Crippen LogP contribution is -2.20. The van der Waals surface area contributed by atoms with Crippen molar-refractivity contribution in [1.29, 1.82) is 5.26 Å². The molecule has 2 aromatic rings. The largest absolute Gasteiger partial charge is 0.306 e. The molecule has 1 unspecified atom stereocenters. The van der Waals surface area contributed by atoms with E-state index in [0.717, 1.165) is 5.56 Å². The lowest BCUT2D eigenvalue weighted by atomic mass is 10.1. The summed E-state index contributed by atoms with van der Waals surface area (Å²) in [6.45, 7) is 2.14. The molecule has 0 saturated heterocycles. The highest BCUT2D eigenvalue weighted by Gasteiger charge is 2.15. The van der Waals surface area contributed by atoms with E-state index in [2.05, 4.69) is 11.4 Å². The first-order valence-electron chi connectivity index (χ1n) is 6.28. The fraction of sp³-hybridized carbons (Fsp3) is 0.188. The number of rotatable bonds is 4. The maximum absolute atomic E-state index is 13.6. The van der Waals surface area contributed by atoms with Crippen LogP contribution in [-0.2, 0) is 6.54 Å². The Morgan fingerprint density at radius 3 is 2.45 bits per heavy atom. The Morgan fingerprint density at radius 2 is 1.80 bits per heavy atom. The Kier molecular flexibility index (Phi) is 4.44. The van der Waals surface area contributed by atoms with Gasteiger partial charge in [-0.15, -0.1) is 0 Å². The molecule has 2 aromatic carbocycles. The third-order valence-electron chi connectivity index (χ3n) is 3.10. The molecule has 0 fully saturated rings. The summed E-state index contributed by atoms with van der Waals surface area (Å²) in [5.41, 5.74) is 1.49. The summed E-state index contributed by atoms with van der Waals surface area (Å²) in [6.07, 6.45) is 0. The summed E-state index contributed by atoms with van der Waals surface area (Å²) >= 11 is 0. The Morgan fingerprint density at radius 1 is 1.15 bits per heavy atom. The summed E-state index contributed by atoms with van der Waals surface area (Å²) in [4.78, 5) is 0. The standard InChI is InChI=1S/C16H14F2N2/c1-11(16-14(17)6-3-7-15(16)18)20-10-13-5-2-4-12(8-13)9-19/h2-8,11,20H,10H2,1H3. The molecule has 102 valence electrons. The van der Waals surface area contributed by atoms with E-state index >= 15 is 0 Å². The molecule has 0 radical (unpaired) electrons. The van der Waals surface area contributed by atoms with Gasteiger partial charge in [0, 0.05) is 18.2 Å². The van der Waals surface area contributed by atoms with E-state index in [9.17, 15) is 8.78 Å². The van der Waals surface area contributed by atoms with Gasteiger partial charge in [0.1, 0.15) is 11.6 Å². The number of nitrogens with zero attached hydrogens (tertiary/aromatic N) is 1. The average molecular weight is 272 g/mol. The van der Waals surface area contributed by atoms with Crippen LogP contribution in [0.5, 0.6) is 0 Å². The fourth-order valence-corrected chi connectivity index (χ4v) is 2.05. The smallest absolute Gasteiger partial charge is 0.130 e. The van der Waals surface area contributed by atoms with Crippen molar-refractivity contribution in [3.63, 3.8) is 0 Å². The quantitative estimate of drug-likeness (QED) is 0.921. The Balaban J connectivity index is 2.09. The van der Waals surface area contributed by atoms with Crippen LogP contribution in [0.25, 0.3) is 0 Å². The minimum absolute atomic E-state index is 0.0314. The summed E-state index contributed by atoms with van der Waals surface area (Å²) < 4.78 is 27.2. The van der Waals surface area contributed by atoms with Gasteiger partial charge in [-0.2, -0.15) is 5.26 Å². The third-order valence-corrected chi connectivity index (χ3v) is 3.10. The van der Waals surface area contributed by atoms with Crippen LogP contribution < -0.4 is 5.32 Å². The molecule has 1 atom stereocenters. The Hall–Kier alpha value is -2.25. The van der Waals surface area contributed by atoms with Crippen LogP contribution >= 0.6 is 0 Å². The molecule has 1 N–H and O–H groups in total. The molecule has 0 spiro atoms. The van der Waals surface area contributed by atoms with Crippen LogP contribution in [0, 0.1) is 23.0 Å². The molecule has 0 saturated carbocycles. The minimum atomic E-state index is -0.559. The van der Waals surface area contributed by atoms with E-state index in [-0.39, 0.29) is 5.56 Å². The van der Waals surface area contributed by atoms with Gasteiger partial charge in [-0.1, -0.05) is 18.2 Å². The van der Waals surface area contributed by atoms with Gasteiger partial charge in [-0.3, -0.25) is 0 Å². The van der Waals surface area contributed by atoms with Crippen molar-refractivity contribution >= 4 is 0 Å². The third kappa shape index (κ3) is 3.19. The minimum Gasteiger partial charge on any atom is -0.306 e. The number of hydrogen-bond donors (Lipinski definition) is 1. The highest BCUT2D eigenvalue weighted by molar-refractivity contribution is 5.33. The molecule has 0 aromatic heterocycles. The van der Waals surface area contributed by atoms with Crippen molar-refractivity contribution < 1.29 is 8.78 Å². The van der Waals surface area contributed by atoms with Gasteiger partial charge in [0.15, 0.2) is 0 Å². The molecule has 0 aliphatic heterocycles. The molecule has 0 amide bonds. The lowest BCUT2D eigenvalue weighted by Gasteiger charge is -2.16. The second-order valence-electron chi connectivity index (χ2n) is 4.55. The zero-order chi connectivity index (χ0) is 14.5. The molecule has 4 heteroatoms. The number of nitrogens with one attached hydrogen (secondary N) is 1. The van der Waals surface area contributed by atoms with E-state index in [4.69, 9.17) is 5.26 Å². The summed E-state index contributed by atoms with van der Waals surface area (Å²) in [6, 6.07) is 12.5. The van der Waals surface area contributed by atoms with Crippen molar-refractivity contribution in [1.82, 2.24) is 5.32 Å². The van der Waals surface area contributed by atoms with Crippen molar-refractivity contribution in [2.24, 2.45) is 0 Å². The molecular weight excluding hydrogens is 258 g/mol. The first-order valence-corrected chi connectivity index (χ1v) is 6.28. The second-order valence-corrected chi connectivity index (χ2v) is 4.55. The second kappa shape index (κ2) is 6.27. The Labute approximate surface area is 116 Å². The summed E-state index contributed by atoms with van der Waals surface area (Å²) in [5, 5.41) is 11.9. The van der Waals surface area contributed by atoms with E-state index in [1.807, 2.05) is 6.07 Å². The van der Waals surface area contributed by atoms with Crippen LogP contribution in [-0.4, -0.2) is 0 Å². The average Bonchev–Trinajstić information content (AvgIpc) is 2.45. The van der Waals surface area contributed by atoms with E-state index in [0.29, 0.717) is 12.1 Å². The zero-order valence-corrected chi connectivity index (χ0v) is 11.0. The fourth-order valence-electron chi connectivity index (χ4n) is 2.05. The molecule has 0 aliphatic carbocycles. The number of benzene rings is 2. The van der Waals surface area contributed by atoms with E-state index in [1.54, 1.807) is 25.1 Å². The van der Waals surface area contributed by atoms with Gasteiger partial charge < -0.3 is 5.32 Å². The topological polar surface area (TPSA) is 35.8 Å². The predicted molar refractivity (Wildman–Crippen MR) is 72.8 cm³/mol. The van der Waals surface area contributed by atoms with Crippen molar-refractivity contribution in [2.75, 3.05) is 0 Å². The van der Waals surface area contributed by atoms with E-state index in [1.165, 1.54) is 18.2 Å². The van der Waals surface area contributed by atoms with Gasteiger partial charge in [0.25, 0.3) is 0 Å². The summed E-state index contributed by atoms with van der Waals surface area (Å²) in [5.74, 6) is -1.12. The number of halogens is 2. The van der Waals surface area contributed by atoms with Crippen LogP contribution in [0.15, 0.2) is 42.5 Å².